The molecule has 0 radical (unpaired) electrons. The zero-order valence-corrected chi connectivity index (χ0v) is 19.0. The molecule has 8 heteroatoms. The number of aryl methyl sites for hydroxylation is 1. The number of carbonyl (C=O) groups is 2. The van der Waals surface area contributed by atoms with Crippen LogP contribution >= 0.6 is 0 Å². The van der Waals surface area contributed by atoms with Crippen LogP contribution in [0.1, 0.15) is 56.9 Å². The second kappa shape index (κ2) is 8.54. The SMILES string of the molecule is Cc1cc(N2CCCOC2=O)cnc1N1CCC2(CC1)CCN([C@H]1CC[C@@H](O)CC1)C2=O. The van der Waals surface area contributed by atoms with Crippen LogP contribution in [-0.4, -0.2) is 71.9 Å². The van der Waals surface area contributed by atoms with Gasteiger partial charge in [-0.3, -0.25) is 9.69 Å². The number of cyclic esters (lactones) is 1. The van der Waals surface area contributed by atoms with E-state index in [-0.39, 0.29) is 17.6 Å². The molecule has 3 saturated heterocycles. The number of nitrogens with zero attached hydrogens (tertiary/aromatic N) is 4. The fourth-order valence-corrected chi connectivity index (χ4v) is 5.99. The second-order valence-electron chi connectivity index (χ2n) is 9.93. The number of piperidine rings is 1. The van der Waals surface area contributed by atoms with Crippen LogP contribution in [0.15, 0.2) is 12.3 Å². The van der Waals surface area contributed by atoms with Gasteiger partial charge >= 0.3 is 6.09 Å². The molecule has 5 rings (SSSR count). The van der Waals surface area contributed by atoms with Gasteiger partial charge in [0.2, 0.25) is 5.91 Å². The Morgan fingerprint density at radius 3 is 2.47 bits per heavy atom. The van der Waals surface area contributed by atoms with Gasteiger partial charge in [0, 0.05) is 32.2 Å². The number of aliphatic hydroxyl groups is 1. The number of hydrogen-bond acceptors (Lipinski definition) is 6. The highest BCUT2D eigenvalue weighted by Crippen LogP contribution is 2.44. The fourth-order valence-electron chi connectivity index (χ4n) is 5.99. The summed E-state index contributed by atoms with van der Waals surface area (Å²) < 4.78 is 5.15. The van der Waals surface area contributed by atoms with Gasteiger partial charge in [-0.05, 0) is 69.9 Å². The average molecular weight is 443 g/mol. The van der Waals surface area contributed by atoms with Crippen molar-refractivity contribution >= 4 is 23.5 Å². The van der Waals surface area contributed by atoms with E-state index in [4.69, 9.17) is 9.72 Å². The number of likely N-dealkylation sites (tertiary alicyclic amines) is 1. The molecule has 0 aromatic carbocycles. The first kappa shape index (κ1) is 21.5. The van der Waals surface area contributed by atoms with E-state index in [1.807, 2.05) is 13.0 Å². The van der Waals surface area contributed by atoms with Gasteiger partial charge < -0.3 is 19.6 Å². The number of aromatic nitrogens is 1. The molecule has 0 atom stereocenters. The standard InChI is InChI=1S/C24H34N4O4/c1-17-15-19(28-10-2-14-32-23(28)31)16-25-21(17)26-11-7-24(8-12-26)9-13-27(22(24)30)18-3-5-20(29)6-4-18/h15-16,18,20,29H,2-14H2,1H3/t18-,20+. The highest BCUT2D eigenvalue weighted by atomic mass is 16.6. The third-order valence-corrected chi connectivity index (χ3v) is 7.99. The van der Waals surface area contributed by atoms with Crippen molar-refractivity contribution in [3.8, 4) is 0 Å². The summed E-state index contributed by atoms with van der Waals surface area (Å²) in [6.07, 6.45) is 8.23. The van der Waals surface area contributed by atoms with Crippen LogP contribution in [0, 0.1) is 12.3 Å². The molecule has 174 valence electrons. The Kier molecular flexibility index (Phi) is 5.73. The van der Waals surface area contributed by atoms with Crippen LogP contribution in [0.3, 0.4) is 0 Å². The molecule has 0 unspecified atom stereocenters. The summed E-state index contributed by atoms with van der Waals surface area (Å²) in [5.74, 6) is 1.28. The Morgan fingerprint density at radius 1 is 1.06 bits per heavy atom. The Hall–Kier alpha value is -2.35. The Bertz CT molecular complexity index is 875. The normalized spacial score (nSPS) is 28.4. The number of anilines is 2. The predicted molar refractivity (Wildman–Crippen MR) is 121 cm³/mol. The summed E-state index contributed by atoms with van der Waals surface area (Å²) in [4.78, 5) is 36.2. The molecule has 0 bridgehead atoms. The lowest BCUT2D eigenvalue weighted by atomic mass is 9.77. The number of carbonyl (C=O) groups excluding carboxylic acids is 2. The molecule has 8 nitrogen and oxygen atoms in total. The molecule has 1 N–H and O–H groups in total. The van der Waals surface area contributed by atoms with Gasteiger partial charge in [0.15, 0.2) is 0 Å². The summed E-state index contributed by atoms with van der Waals surface area (Å²) in [6.45, 7) is 5.67. The number of hydrogen-bond donors (Lipinski definition) is 1. The summed E-state index contributed by atoms with van der Waals surface area (Å²) in [6, 6.07) is 2.32. The minimum atomic E-state index is -0.304. The molecule has 4 aliphatic rings. The van der Waals surface area contributed by atoms with Crippen molar-refractivity contribution in [3.63, 3.8) is 0 Å². The highest BCUT2D eigenvalue weighted by molar-refractivity contribution is 5.88. The lowest BCUT2D eigenvalue weighted by molar-refractivity contribution is -0.139. The van der Waals surface area contributed by atoms with E-state index >= 15 is 0 Å². The highest BCUT2D eigenvalue weighted by Gasteiger charge is 2.50. The van der Waals surface area contributed by atoms with E-state index in [2.05, 4.69) is 9.80 Å². The average Bonchev–Trinajstić information content (AvgIpc) is 3.11. The maximum absolute atomic E-state index is 13.4. The van der Waals surface area contributed by atoms with E-state index in [1.165, 1.54) is 0 Å². The number of amides is 2. The lowest BCUT2D eigenvalue weighted by Crippen LogP contribution is -2.47. The summed E-state index contributed by atoms with van der Waals surface area (Å²) in [5.41, 5.74) is 1.60. The molecule has 3 aliphatic heterocycles. The number of pyridine rings is 1. The fraction of sp³-hybridized carbons (Fsp3) is 0.708. The quantitative estimate of drug-likeness (QED) is 0.775. The first-order chi connectivity index (χ1) is 15.5. The van der Waals surface area contributed by atoms with Crippen molar-refractivity contribution in [3.05, 3.63) is 17.8 Å². The van der Waals surface area contributed by atoms with E-state index in [9.17, 15) is 14.7 Å². The molecular formula is C24H34N4O4. The predicted octanol–water partition coefficient (Wildman–Crippen LogP) is 2.86. The smallest absolute Gasteiger partial charge is 0.414 e. The van der Waals surface area contributed by atoms with E-state index in [0.717, 1.165) is 88.1 Å². The summed E-state index contributed by atoms with van der Waals surface area (Å²) in [5, 5.41) is 9.80. The van der Waals surface area contributed by atoms with Gasteiger partial charge in [0.25, 0.3) is 0 Å². The Labute approximate surface area is 189 Å². The van der Waals surface area contributed by atoms with Gasteiger partial charge in [0.1, 0.15) is 5.82 Å². The molecule has 1 aromatic rings. The first-order valence-corrected chi connectivity index (χ1v) is 12.1. The topological polar surface area (TPSA) is 86.2 Å². The maximum atomic E-state index is 13.4. The largest absolute Gasteiger partial charge is 0.449 e. The zero-order chi connectivity index (χ0) is 22.3. The van der Waals surface area contributed by atoms with Crippen LogP contribution in [0.4, 0.5) is 16.3 Å². The minimum Gasteiger partial charge on any atom is -0.449 e. The van der Waals surface area contributed by atoms with Gasteiger partial charge in [-0.25, -0.2) is 9.78 Å². The van der Waals surface area contributed by atoms with Crippen molar-refractivity contribution in [1.29, 1.82) is 0 Å². The van der Waals surface area contributed by atoms with Crippen LogP contribution in [0.2, 0.25) is 0 Å². The van der Waals surface area contributed by atoms with Crippen LogP contribution < -0.4 is 9.80 Å². The minimum absolute atomic E-state index is 0.191. The Morgan fingerprint density at radius 2 is 1.78 bits per heavy atom. The zero-order valence-electron chi connectivity index (χ0n) is 19.0. The molecule has 2 amide bonds. The van der Waals surface area contributed by atoms with E-state index in [0.29, 0.717) is 25.1 Å². The van der Waals surface area contributed by atoms with Crippen LogP contribution in [-0.2, 0) is 9.53 Å². The third-order valence-electron chi connectivity index (χ3n) is 7.99. The van der Waals surface area contributed by atoms with Gasteiger partial charge in [-0.1, -0.05) is 0 Å². The van der Waals surface area contributed by atoms with Crippen LogP contribution in [0.5, 0.6) is 0 Å². The van der Waals surface area contributed by atoms with Crippen molar-refractivity contribution in [1.82, 2.24) is 9.88 Å². The van der Waals surface area contributed by atoms with Crippen molar-refractivity contribution in [2.24, 2.45) is 5.41 Å². The first-order valence-electron chi connectivity index (χ1n) is 12.1. The van der Waals surface area contributed by atoms with Gasteiger partial charge in [-0.15, -0.1) is 0 Å². The number of ether oxygens (including phenoxy) is 1. The molecule has 32 heavy (non-hydrogen) atoms. The number of rotatable bonds is 3. The van der Waals surface area contributed by atoms with Crippen molar-refractivity contribution in [2.45, 2.75) is 70.4 Å². The molecule has 1 aromatic heterocycles. The Balaban J connectivity index is 1.23. The number of aliphatic hydroxyl groups excluding tert-OH is 1. The monoisotopic (exact) mass is 442 g/mol. The van der Waals surface area contributed by atoms with Crippen molar-refractivity contribution in [2.75, 3.05) is 42.6 Å². The van der Waals surface area contributed by atoms with Gasteiger partial charge in [-0.2, -0.15) is 0 Å². The molecule has 1 aliphatic carbocycles. The van der Waals surface area contributed by atoms with Gasteiger partial charge in [0.05, 0.1) is 30.0 Å². The molecular weight excluding hydrogens is 408 g/mol. The molecule has 4 fully saturated rings. The third kappa shape index (κ3) is 3.83. The van der Waals surface area contributed by atoms with Crippen molar-refractivity contribution < 1.29 is 19.4 Å². The maximum Gasteiger partial charge on any atom is 0.414 e. The second-order valence-corrected chi connectivity index (χ2v) is 9.93. The van der Waals surface area contributed by atoms with E-state index in [1.54, 1.807) is 11.1 Å². The summed E-state index contributed by atoms with van der Waals surface area (Å²) >= 11 is 0. The molecule has 1 spiro atoms. The summed E-state index contributed by atoms with van der Waals surface area (Å²) in [7, 11) is 0. The van der Waals surface area contributed by atoms with Crippen LogP contribution in [0.25, 0.3) is 0 Å². The molecule has 4 heterocycles. The lowest BCUT2D eigenvalue weighted by Gasteiger charge is -2.40. The molecule has 1 saturated carbocycles. The van der Waals surface area contributed by atoms with E-state index < -0.39 is 0 Å².